The van der Waals surface area contributed by atoms with Gasteiger partial charge in [-0.15, -0.1) is 0 Å². The molecule has 19 heavy (non-hydrogen) atoms. The molecule has 0 radical (unpaired) electrons. The van der Waals surface area contributed by atoms with E-state index in [0.29, 0.717) is 11.3 Å². The van der Waals surface area contributed by atoms with Gasteiger partial charge in [0.2, 0.25) is 0 Å². The van der Waals surface area contributed by atoms with Gasteiger partial charge >= 0.3 is 0 Å². The average Bonchev–Trinajstić information content (AvgIpc) is 2.39. The van der Waals surface area contributed by atoms with Gasteiger partial charge in [0.05, 0.1) is 11.8 Å². The van der Waals surface area contributed by atoms with Crippen molar-refractivity contribution in [3.05, 3.63) is 65.2 Å². The van der Waals surface area contributed by atoms with E-state index in [1.807, 2.05) is 31.2 Å². The Morgan fingerprint density at radius 3 is 2.74 bits per heavy atom. The molecule has 1 amide bonds. The number of aryl methyl sites for hydroxylation is 1. The molecule has 0 aliphatic heterocycles. The molecule has 4 nitrogen and oxygen atoms in total. The predicted molar refractivity (Wildman–Crippen MR) is 77.1 cm³/mol. The van der Waals surface area contributed by atoms with Crippen molar-refractivity contribution in [2.45, 2.75) is 6.92 Å². The van der Waals surface area contributed by atoms with Crippen molar-refractivity contribution < 1.29 is 4.79 Å². The first-order valence-corrected chi connectivity index (χ1v) is 5.91. The number of nitrogens with two attached hydrogens (primary N) is 1. The van der Waals surface area contributed by atoms with E-state index < -0.39 is 0 Å². The van der Waals surface area contributed by atoms with Crippen LogP contribution in [0, 0.1) is 6.92 Å². The molecular weight excluding hydrogens is 238 g/mol. The molecule has 0 saturated carbocycles. The van der Waals surface area contributed by atoms with E-state index in [-0.39, 0.29) is 5.91 Å². The number of nitrogen functional groups attached to an aromatic ring is 1. The van der Waals surface area contributed by atoms with E-state index in [1.54, 1.807) is 30.5 Å². The summed E-state index contributed by atoms with van der Waals surface area (Å²) in [7, 11) is 0. The van der Waals surface area contributed by atoms with Gasteiger partial charge in [0.25, 0.3) is 5.91 Å². The molecule has 96 valence electrons. The maximum absolute atomic E-state index is 11.8. The number of carbonyl (C=O) groups is 1. The van der Waals surface area contributed by atoms with Crippen molar-refractivity contribution in [1.82, 2.24) is 5.43 Å². The molecule has 0 spiro atoms. The van der Waals surface area contributed by atoms with E-state index in [0.717, 1.165) is 11.1 Å². The van der Waals surface area contributed by atoms with Crippen LogP contribution in [0.5, 0.6) is 0 Å². The second kappa shape index (κ2) is 5.82. The van der Waals surface area contributed by atoms with Crippen molar-refractivity contribution >= 4 is 17.8 Å². The summed E-state index contributed by atoms with van der Waals surface area (Å²) in [5.41, 5.74) is 11.1. The van der Waals surface area contributed by atoms with Gasteiger partial charge in [-0.2, -0.15) is 5.10 Å². The minimum atomic E-state index is -0.318. The third-order valence-electron chi connectivity index (χ3n) is 2.63. The highest BCUT2D eigenvalue weighted by molar-refractivity contribution is 5.99. The Kier molecular flexibility index (Phi) is 3.93. The van der Waals surface area contributed by atoms with Crippen molar-refractivity contribution in [1.29, 1.82) is 0 Å². The normalized spacial score (nSPS) is 10.6. The van der Waals surface area contributed by atoms with E-state index in [2.05, 4.69) is 10.5 Å². The zero-order valence-corrected chi connectivity index (χ0v) is 10.6. The lowest BCUT2D eigenvalue weighted by atomic mass is 10.1. The molecule has 0 atom stereocenters. The van der Waals surface area contributed by atoms with Crippen LogP contribution in [0.1, 0.15) is 21.5 Å². The SMILES string of the molecule is Cc1cccc(C=NNC(=O)c2ccccc2N)c1. The number of amides is 1. The van der Waals surface area contributed by atoms with Crippen LogP contribution in [-0.2, 0) is 0 Å². The molecule has 0 bridgehead atoms. The molecule has 0 fully saturated rings. The number of carbonyl (C=O) groups excluding carboxylic acids is 1. The third kappa shape index (κ3) is 3.42. The summed E-state index contributed by atoms with van der Waals surface area (Å²) in [5.74, 6) is -0.318. The van der Waals surface area contributed by atoms with Crippen LogP contribution in [0.3, 0.4) is 0 Å². The smallest absolute Gasteiger partial charge is 0.273 e. The van der Waals surface area contributed by atoms with Crippen molar-refractivity contribution in [3.8, 4) is 0 Å². The summed E-state index contributed by atoms with van der Waals surface area (Å²) in [6.45, 7) is 2.00. The van der Waals surface area contributed by atoms with E-state index in [1.165, 1.54) is 0 Å². The highest BCUT2D eigenvalue weighted by Gasteiger charge is 2.06. The number of para-hydroxylation sites is 1. The van der Waals surface area contributed by atoms with E-state index >= 15 is 0 Å². The van der Waals surface area contributed by atoms with Gasteiger partial charge in [-0.3, -0.25) is 4.79 Å². The Labute approximate surface area is 112 Å². The van der Waals surface area contributed by atoms with Gasteiger partial charge in [-0.1, -0.05) is 42.0 Å². The van der Waals surface area contributed by atoms with Crippen LogP contribution in [0.25, 0.3) is 0 Å². The first kappa shape index (κ1) is 12.8. The van der Waals surface area contributed by atoms with Gasteiger partial charge < -0.3 is 5.73 Å². The van der Waals surface area contributed by atoms with Crippen LogP contribution in [0.4, 0.5) is 5.69 Å². The second-order valence-electron chi connectivity index (χ2n) is 4.20. The first-order valence-electron chi connectivity index (χ1n) is 5.91. The first-order chi connectivity index (χ1) is 9.16. The Morgan fingerprint density at radius 2 is 2.00 bits per heavy atom. The standard InChI is InChI=1S/C15H15N3O/c1-11-5-4-6-12(9-11)10-17-18-15(19)13-7-2-3-8-14(13)16/h2-10H,16H2,1H3,(H,18,19). The van der Waals surface area contributed by atoms with Gasteiger partial charge in [-0.05, 0) is 24.6 Å². The molecule has 0 aromatic heterocycles. The highest BCUT2D eigenvalue weighted by Crippen LogP contribution is 2.09. The van der Waals surface area contributed by atoms with E-state index in [9.17, 15) is 4.79 Å². The van der Waals surface area contributed by atoms with Crippen molar-refractivity contribution in [2.75, 3.05) is 5.73 Å². The van der Waals surface area contributed by atoms with Gasteiger partial charge in [-0.25, -0.2) is 5.43 Å². The van der Waals surface area contributed by atoms with Crippen LogP contribution in [-0.4, -0.2) is 12.1 Å². The Morgan fingerprint density at radius 1 is 1.21 bits per heavy atom. The number of anilines is 1. The van der Waals surface area contributed by atoms with Crippen molar-refractivity contribution in [2.24, 2.45) is 5.10 Å². The maximum atomic E-state index is 11.8. The summed E-state index contributed by atoms with van der Waals surface area (Å²) < 4.78 is 0. The molecule has 3 N–H and O–H groups in total. The van der Waals surface area contributed by atoms with Crippen LogP contribution in [0.15, 0.2) is 53.6 Å². The number of nitrogens with zero attached hydrogens (tertiary/aromatic N) is 1. The largest absolute Gasteiger partial charge is 0.398 e. The van der Waals surface area contributed by atoms with Crippen LogP contribution < -0.4 is 11.2 Å². The fourth-order valence-corrected chi connectivity index (χ4v) is 1.68. The number of nitrogens with one attached hydrogen (secondary N) is 1. The summed E-state index contributed by atoms with van der Waals surface area (Å²) in [6.07, 6.45) is 1.60. The monoisotopic (exact) mass is 253 g/mol. The fraction of sp³-hybridized carbons (Fsp3) is 0.0667. The Bertz CT molecular complexity index is 620. The van der Waals surface area contributed by atoms with Gasteiger partial charge in [0, 0.05) is 5.69 Å². The molecule has 2 aromatic carbocycles. The average molecular weight is 253 g/mol. The Balaban J connectivity index is 2.03. The van der Waals surface area contributed by atoms with Gasteiger partial charge in [0.1, 0.15) is 0 Å². The number of hydrazone groups is 1. The summed E-state index contributed by atoms with van der Waals surface area (Å²) in [4.78, 5) is 11.8. The lowest BCUT2D eigenvalue weighted by Crippen LogP contribution is -2.18. The molecular formula is C15H15N3O. The lowest BCUT2D eigenvalue weighted by Gasteiger charge is -2.02. The molecule has 2 aromatic rings. The summed E-state index contributed by atoms with van der Waals surface area (Å²) >= 11 is 0. The molecule has 0 unspecified atom stereocenters. The Hall–Kier alpha value is -2.62. The van der Waals surface area contributed by atoms with Crippen LogP contribution >= 0.6 is 0 Å². The number of hydrogen-bond acceptors (Lipinski definition) is 3. The maximum Gasteiger partial charge on any atom is 0.273 e. The molecule has 0 aliphatic carbocycles. The molecule has 2 rings (SSSR count). The zero-order chi connectivity index (χ0) is 13.7. The fourth-order valence-electron chi connectivity index (χ4n) is 1.68. The molecule has 4 heteroatoms. The predicted octanol–water partition coefficient (Wildman–Crippen LogP) is 2.34. The topological polar surface area (TPSA) is 67.5 Å². The van der Waals surface area contributed by atoms with E-state index in [4.69, 9.17) is 5.73 Å². The third-order valence-corrected chi connectivity index (χ3v) is 2.63. The number of rotatable bonds is 3. The summed E-state index contributed by atoms with van der Waals surface area (Å²) in [6, 6.07) is 14.7. The second-order valence-corrected chi connectivity index (χ2v) is 4.20. The van der Waals surface area contributed by atoms with Crippen molar-refractivity contribution in [3.63, 3.8) is 0 Å². The van der Waals surface area contributed by atoms with Crippen LogP contribution in [0.2, 0.25) is 0 Å². The summed E-state index contributed by atoms with van der Waals surface area (Å²) in [5, 5.41) is 3.92. The van der Waals surface area contributed by atoms with Gasteiger partial charge in [0.15, 0.2) is 0 Å². The number of benzene rings is 2. The molecule has 0 heterocycles. The lowest BCUT2D eigenvalue weighted by molar-refractivity contribution is 0.0956. The zero-order valence-electron chi connectivity index (χ0n) is 10.6. The molecule has 0 aliphatic rings. The minimum Gasteiger partial charge on any atom is -0.398 e. The highest BCUT2D eigenvalue weighted by atomic mass is 16.2. The number of hydrogen-bond donors (Lipinski definition) is 2. The molecule has 0 saturated heterocycles. The minimum absolute atomic E-state index is 0.318. The quantitative estimate of drug-likeness (QED) is 0.501.